The number of rotatable bonds is 5. The van der Waals surface area contributed by atoms with Crippen LogP contribution in [-0.2, 0) is 4.79 Å². The Kier molecular flexibility index (Phi) is 3.37. The van der Waals surface area contributed by atoms with Crippen LogP contribution >= 0.6 is 11.8 Å². The van der Waals surface area contributed by atoms with Crippen molar-refractivity contribution in [3.05, 3.63) is 22.1 Å². The smallest absolute Gasteiger partial charge is 0.344 e. The van der Waals surface area contributed by atoms with E-state index in [0.717, 1.165) is 12.8 Å². The van der Waals surface area contributed by atoms with Crippen LogP contribution in [0.5, 0.6) is 0 Å². The van der Waals surface area contributed by atoms with E-state index >= 15 is 0 Å². The van der Waals surface area contributed by atoms with Crippen LogP contribution in [0.2, 0.25) is 0 Å². The molecule has 0 unspecified atom stereocenters. The highest BCUT2D eigenvalue weighted by atomic mass is 32.2. The van der Waals surface area contributed by atoms with E-state index in [1.54, 1.807) is 17.6 Å². The maximum Gasteiger partial charge on any atom is 0.344 e. The third kappa shape index (κ3) is 2.79. The number of carboxylic acids is 1. The van der Waals surface area contributed by atoms with Crippen molar-refractivity contribution in [1.29, 1.82) is 0 Å². The molecule has 2 rings (SSSR count). The Morgan fingerprint density at radius 1 is 1.71 bits per heavy atom. The zero-order chi connectivity index (χ0) is 12.4. The van der Waals surface area contributed by atoms with Crippen molar-refractivity contribution >= 4 is 17.7 Å². The first-order valence-electron chi connectivity index (χ1n) is 5.29. The number of nitrogens with zero attached hydrogens (tertiary/aromatic N) is 2. The molecule has 92 valence electrons. The van der Waals surface area contributed by atoms with Crippen molar-refractivity contribution < 1.29 is 9.90 Å². The first-order chi connectivity index (χ1) is 8.09. The summed E-state index contributed by atoms with van der Waals surface area (Å²) in [6, 6.07) is 0.272. The number of nitrogens with one attached hydrogen (secondary N) is 1. The summed E-state index contributed by atoms with van der Waals surface area (Å²) in [7, 11) is 0. The van der Waals surface area contributed by atoms with E-state index in [9.17, 15) is 9.59 Å². The van der Waals surface area contributed by atoms with Gasteiger partial charge in [0.05, 0.1) is 0 Å². The lowest BCUT2D eigenvalue weighted by Gasteiger charge is -2.01. The Labute approximate surface area is 102 Å². The second-order valence-electron chi connectivity index (χ2n) is 3.92. The Balaban J connectivity index is 2.02. The lowest BCUT2D eigenvalue weighted by atomic mass is 10.3. The Bertz CT molecular complexity index is 513. The van der Waals surface area contributed by atoms with E-state index in [1.165, 1.54) is 11.8 Å². The van der Waals surface area contributed by atoms with Gasteiger partial charge < -0.3 is 5.11 Å². The average molecular weight is 255 g/mol. The van der Waals surface area contributed by atoms with E-state index in [1.807, 2.05) is 0 Å². The summed E-state index contributed by atoms with van der Waals surface area (Å²) >= 11 is 1.36. The number of carboxylic acid groups (broad SMARTS) is 1. The van der Waals surface area contributed by atoms with Crippen molar-refractivity contribution in [3.8, 4) is 0 Å². The molecular formula is C10H13N3O3S. The van der Waals surface area contributed by atoms with Crippen LogP contribution < -0.4 is 5.69 Å². The van der Waals surface area contributed by atoms with E-state index < -0.39 is 5.97 Å². The van der Waals surface area contributed by atoms with Gasteiger partial charge in [0.25, 0.3) is 0 Å². The molecule has 2 N–H and O–H groups in total. The quantitative estimate of drug-likeness (QED) is 0.606. The second-order valence-corrected chi connectivity index (χ2v) is 4.90. The van der Waals surface area contributed by atoms with Gasteiger partial charge in [0.1, 0.15) is 0 Å². The van der Waals surface area contributed by atoms with E-state index in [4.69, 9.17) is 5.11 Å². The Morgan fingerprint density at radius 3 is 3.00 bits per heavy atom. The van der Waals surface area contributed by atoms with Gasteiger partial charge in [0.15, 0.2) is 5.16 Å². The average Bonchev–Trinajstić information content (AvgIpc) is 3.04. The summed E-state index contributed by atoms with van der Waals surface area (Å²) in [6.45, 7) is 1.54. The summed E-state index contributed by atoms with van der Waals surface area (Å²) in [5, 5.41) is 15.7. The fourth-order valence-electron chi connectivity index (χ4n) is 1.38. The monoisotopic (exact) mass is 255 g/mol. The molecule has 1 aromatic heterocycles. The molecule has 1 aromatic rings. The van der Waals surface area contributed by atoms with Crippen LogP contribution in [0.4, 0.5) is 0 Å². The van der Waals surface area contributed by atoms with Crippen molar-refractivity contribution in [2.45, 2.75) is 31.0 Å². The third-order valence-corrected chi connectivity index (χ3v) is 3.40. The maximum atomic E-state index is 11.4. The molecule has 1 fully saturated rings. The number of hydrogen-bond acceptors (Lipinski definition) is 4. The van der Waals surface area contributed by atoms with Crippen molar-refractivity contribution in [3.63, 3.8) is 0 Å². The minimum Gasteiger partial charge on any atom is -0.478 e. The summed E-state index contributed by atoms with van der Waals surface area (Å²) in [5.41, 5.74) is 0.113. The van der Waals surface area contributed by atoms with Crippen LogP contribution in [-0.4, -0.2) is 31.6 Å². The highest BCUT2D eigenvalue weighted by Crippen LogP contribution is 2.35. The molecule has 1 aliphatic rings. The predicted octanol–water partition coefficient (Wildman–Crippen LogP) is 1.03. The molecule has 0 aromatic carbocycles. The number of aliphatic carboxylic acids is 1. The molecule has 1 heterocycles. The first kappa shape index (κ1) is 12.0. The topological polar surface area (TPSA) is 88.0 Å². The Hall–Kier alpha value is -1.50. The van der Waals surface area contributed by atoms with E-state index in [-0.39, 0.29) is 11.7 Å². The normalized spacial score (nSPS) is 16.2. The van der Waals surface area contributed by atoms with Crippen LogP contribution in [0, 0.1) is 0 Å². The molecule has 0 spiro atoms. The minimum atomic E-state index is -0.924. The van der Waals surface area contributed by atoms with Gasteiger partial charge in [0.2, 0.25) is 0 Å². The minimum absolute atomic E-state index is 0.186. The zero-order valence-electron chi connectivity index (χ0n) is 9.34. The third-order valence-electron chi connectivity index (χ3n) is 2.52. The molecule has 17 heavy (non-hydrogen) atoms. The van der Waals surface area contributed by atoms with Crippen molar-refractivity contribution in [2.75, 3.05) is 5.75 Å². The number of aromatic nitrogens is 3. The lowest BCUT2D eigenvalue weighted by Crippen LogP contribution is -2.16. The molecule has 0 aliphatic heterocycles. The van der Waals surface area contributed by atoms with E-state index in [0.29, 0.717) is 16.5 Å². The molecule has 0 radical (unpaired) electrons. The van der Waals surface area contributed by atoms with Crippen LogP contribution in [0.3, 0.4) is 0 Å². The summed E-state index contributed by atoms with van der Waals surface area (Å²) in [4.78, 5) is 22.0. The zero-order valence-corrected chi connectivity index (χ0v) is 10.2. The summed E-state index contributed by atoms with van der Waals surface area (Å²) < 4.78 is 1.65. The van der Waals surface area contributed by atoms with Crippen LogP contribution in [0.15, 0.2) is 21.6 Å². The van der Waals surface area contributed by atoms with Gasteiger partial charge >= 0.3 is 11.7 Å². The second kappa shape index (κ2) is 4.79. The molecule has 0 amide bonds. The Morgan fingerprint density at radius 2 is 2.41 bits per heavy atom. The highest BCUT2D eigenvalue weighted by molar-refractivity contribution is 7.99. The molecule has 7 heteroatoms. The van der Waals surface area contributed by atoms with Gasteiger partial charge in [-0.2, -0.15) is 0 Å². The fourth-order valence-corrected chi connectivity index (χ4v) is 2.34. The van der Waals surface area contributed by atoms with Gasteiger partial charge in [0, 0.05) is 17.4 Å². The molecule has 0 saturated heterocycles. The van der Waals surface area contributed by atoms with Gasteiger partial charge in [-0.3, -0.25) is 4.57 Å². The largest absolute Gasteiger partial charge is 0.478 e. The van der Waals surface area contributed by atoms with Crippen LogP contribution in [0.25, 0.3) is 0 Å². The van der Waals surface area contributed by atoms with Crippen molar-refractivity contribution in [2.24, 2.45) is 0 Å². The molecule has 6 nitrogen and oxygen atoms in total. The molecule has 1 saturated carbocycles. The van der Waals surface area contributed by atoms with Gasteiger partial charge in [-0.1, -0.05) is 17.8 Å². The number of aromatic amines is 1. The standard InChI is InChI=1S/C10H13N3O3S/c1-6(8(14)15)4-5-17-10-12-11-9(16)13(10)7-2-3-7/h4,7H,2-3,5H2,1H3,(H,11,16)(H,14,15). The SMILES string of the molecule is CC(=CCSc1n[nH]c(=O)n1C1CC1)C(=O)O. The number of carbonyl (C=O) groups is 1. The number of hydrogen-bond donors (Lipinski definition) is 2. The molecular weight excluding hydrogens is 242 g/mol. The first-order valence-corrected chi connectivity index (χ1v) is 6.28. The number of H-pyrrole nitrogens is 1. The van der Waals surface area contributed by atoms with Gasteiger partial charge in [-0.15, -0.1) is 5.10 Å². The summed E-state index contributed by atoms with van der Waals surface area (Å²) in [5.74, 6) is -0.429. The number of thioether (sulfide) groups is 1. The lowest BCUT2D eigenvalue weighted by molar-refractivity contribution is -0.132. The predicted molar refractivity (Wildman–Crippen MR) is 63.2 cm³/mol. The maximum absolute atomic E-state index is 11.4. The van der Waals surface area contributed by atoms with Gasteiger partial charge in [-0.25, -0.2) is 14.7 Å². The molecule has 0 bridgehead atoms. The van der Waals surface area contributed by atoms with Crippen LogP contribution in [0.1, 0.15) is 25.8 Å². The van der Waals surface area contributed by atoms with Crippen molar-refractivity contribution in [1.82, 2.24) is 14.8 Å². The summed E-state index contributed by atoms with van der Waals surface area (Å²) in [6.07, 6.45) is 3.64. The molecule has 1 aliphatic carbocycles. The van der Waals surface area contributed by atoms with Gasteiger partial charge in [-0.05, 0) is 19.8 Å². The van der Waals surface area contributed by atoms with E-state index in [2.05, 4.69) is 10.2 Å². The molecule has 0 atom stereocenters. The highest BCUT2D eigenvalue weighted by Gasteiger charge is 2.28. The fraction of sp³-hybridized carbons (Fsp3) is 0.500.